The van der Waals surface area contributed by atoms with E-state index >= 15 is 0 Å². The highest BCUT2D eigenvalue weighted by Gasteiger charge is 2.32. The topological polar surface area (TPSA) is 70.4 Å². The molecule has 1 saturated heterocycles. The predicted octanol–water partition coefficient (Wildman–Crippen LogP) is 4.93. The number of imidazole rings is 1. The Labute approximate surface area is 182 Å². The van der Waals surface area contributed by atoms with Gasteiger partial charge in [0, 0.05) is 23.6 Å². The molecular weight excluding hydrogens is 388 g/mol. The summed E-state index contributed by atoms with van der Waals surface area (Å²) in [6, 6.07) is 15.0. The highest BCUT2D eigenvalue weighted by molar-refractivity contribution is 5.94. The van der Waals surface area contributed by atoms with Crippen LogP contribution in [0.15, 0.2) is 42.5 Å². The van der Waals surface area contributed by atoms with Crippen molar-refractivity contribution in [1.29, 1.82) is 0 Å². The van der Waals surface area contributed by atoms with Gasteiger partial charge in [0.1, 0.15) is 5.82 Å². The standard InChI is InChI=1S/C25H30N4O2/c1-16-8-9-20-21(28(16)25(30)31)10-11-22-23(20)27-24(17(2)18-6-4-3-5-7-18)29(22)19-12-14-26-15-13-19/h3-7,10-11,16-17,19,26H,8-9,12-15H2,1-2H3,(H,30,31)/t16-,17+/m0/s1. The number of amides is 1. The van der Waals surface area contributed by atoms with E-state index in [1.54, 1.807) is 0 Å². The molecule has 5 rings (SSSR count). The number of anilines is 1. The number of nitrogens with zero attached hydrogens (tertiary/aromatic N) is 3. The lowest BCUT2D eigenvalue weighted by Crippen LogP contribution is -2.41. The maximum absolute atomic E-state index is 12.0. The third kappa shape index (κ3) is 3.39. The molecule has 1 aromatic heterocycles. The monoisotopic (exact) mass is 418 g/mol. The average Bonchev–Trinajstić information content (AvgIpc) is 3.19. The Morgan fingerprint density at radius 2 is 1.87 bits per heavy atom. The normalized spacial score (nSPS) is 20.6. The zero-order chi connectivity index (χ0) is 21.5. The Bertz CT molecular complexity index is 1100. The molecule has 2 N–H and O–H groups in total. The molecule has 2 aliphatic heterocycles. The van der Waals surface area contributed by atoms with E-state index in [1.165, 1.54) is 10.5 Å². The van der Waals surface area contributed by atoms with E-state index in [4.69, 9.17) is 4.98 Å². The van der Waals surface area contributed by atoms with E-state index in [0.29, 0.717) is 6.04 Å². The first-order chi connectivity index (χ1) is 15.1. The minimum Gasteiger partial charge on any atom is -0.465 e. The molecule has 0 saturated carbocycles. The molecule has 2 aliphatic rings. The summed E-state index contributed by atoms with van der Waals surface area (Å²) in [6.07, 6.45) is 2.95. The van der Waals surface area contributed by atoms with Crippen molar-refractivity contribution in [3.8, 4) is 0 Å². The number of benzene rings is 2. The van der Waals surface area contributed by atoms with Crippen LogP contribution in [0.25, 0.3) is 11.0 Å². The minimum absolute atomic E-state index is 0.0170. The Balaban J connectivity index is 1.71. The van der Waals surface area contributed by atoms with E-state index < -0.39 is 6.09 Å². The Morgan fingerprint density at radius 3 is 2.58 bits per heavy atom. The number of hydrogen-bond acceptors (Lipinski definition) is 3. The van der Waals surface area contributed by atoms with E-state index in [0.717, 1.165) is 66.9 Å². The smallest absolute Gasteiger partial charge is 0.412 e. The van der Waals surface area contributed by atoms with Crippen LogP contribution in [0.2, 0.25) is 0 Å². The molecule has 1 amide bonds. The van der Waals surface area contributed by atoms with E-state index in [-0.39, 0.29) is 12.0 Å². The van der Waals surface area contributed by atoms with Crippen LogP contribution in [0, 0.1) is 0 Å². The molecule has 6 heteroatoms. The second-order valence-corrected chi connectivity index (χ2v) is 8.92. The van der Waals surface area contributed by atoms with Gasteiger partial charge in [0.25, 0.3) is 0 Å². The van der Waals surface area contributed by atoms with Gasteiger partial charge >= 0.3 is 6.09 Å². The Kier molecular flexibility index (Phi) is 5.18. The van der Waals surface area contributed by atoms with Crippen LogP contribution in [0.4, 0.5) is 10.5 Å². The molecule has 2 atom stereocenters. The summed E-state index contributed by atoms with van der Waals surface area (Å²) in [5.41, 5.74) is 5.25. The van der Waals surface area contributed by atoms with Crippen LogP contribution < -0.4 is 10.2 Å². The van der Waals surface area contributed by atoms with Gasteiger partial charge in [0.05, 0.1) is 16.7 Å². The maximum atomic E-state index is 12.0. The quantitative estimate of drug-likeness (QED) is 0.633. The van der Waals surface area contributed by atoms with Gasteiger partial charge in [0.2, 0.25) is 0 Å². The summed E-state index contributed by atoms with van der Waals surface area (Å²) >= 11 is 0. The molecule has 3 aromatic rings. The van der Waals surface area contributed by atoms with Gasteiger partial charge in [-0.3, -0.25) is 4.90 Å². The molecule has 3 heterocycles. The number of hydrogen-bond donors (Lipinski definition) is 2. The van der Waals surface area contributed by atoms with Crippen LogP contribution in [0.5, 0.6) is 0 Å². The van der Waals surface area contributed by atoms with Gasteiger partial charge in [-0.1, -0.05) is 37.3 Å². The zero-order valence-electron chi connectivity index (χ0n) is 18.2. The number of aryl methyl sites for hydroxylation is 1. The van der Waals surface area contributed by atoms with E-state index in [1.807, 2.05) is 19.1 Å². The van der Waals surface area contributed by atoms with Crippen LogP contribution in [-0.2, 0) is 6.42 Å². The van der Waals surface area contributed by atoms with Gasteiger partial charge in [-0.25, -0.2) is 9.78 Å². The Morgan fingerprint density at radius 1 is 1.13 bits per heavy atom. The summed E-state index contributed by atoms with van der Waals surface area (Å²) < 4.78 is 2.46. The molecule has 1 fully saturated rings. The summed E-state index contributed by atoms with van der Waals surface area (Å²) in [4.78, 5) is 18.7. The van der Waals surface area contributed by atoms with Crippen molar-refractivity contribution in [2.75, 3.05) is 18.0 Å². The van der Waals surface area contributed by atoms with Crippen molar-refractivity contribution in [2.45, 2.75) is 57.5 Å². The van der Waals surface area contributed by atoms with Crippen LogP contribution >= 0.6 is 0 Å². The molecule has 0 aliphatic carbocycles. The zero-order valence-corrected chi connectivity index (χ0v) is 18.2. The van der Waals surface area contributed by atoms with Crippen molar-refractivity contribution < 1.29 is 9.90 Å². The van der Waals surface area contributed by atoms with Crippen LogP contribution in [-0.4, -0.2) is 39.9 Å². The van der Waals surface area contributed by atoms with Gasteiger partial charge in [-0.15, -0.1) is 0 Å². The first kappa shape index (κ1) is 20.1. The first-order valence-corrected chi connectivity index (χ1v) is 11.4. The fourth-order valence-electron chi connectivity index (χ4n) is 5.35. The fourth-order valence-corrected chi connectivity index (χ4v) is 5.35. The molecule has 162 valence electrons. The van der Waals surface area contributed by atoms with Crippen molar-refractivity contribution in [3.63, 3.8) is 0 Å². The lowest BCUT2D eigenvalue weighted by atomic mass is 9.95. The van der Waals surface area contributed by atoms with Gasteiger partial charge in [-0.2, -0.15) is 0 Å². The molecule has 0 unspecified atom stereocenters. The Hall–Kier alpha value is -2.86. The summed E-state index contributed by atoms with van der Waals surface area (Å²) in [6.45, 7) is 6.24. The molecule has 6 nitrogen and oxygen atoms in total. The third-order valence-electron chi connectivity index (χ3n) is 7.05. The summed E-state index contributed by atoms with van der Waals surface area (Å²) in [5.74, 6) is 1.25. The third-order valence-corrected chi connectivity index (χ3v) is 7.05. The SMILES string of the molecule is C[C@H](c1ccccc1)c1nc2c3c(ccc2n1C1CCNCC1)N(C(=O)O)[C@@H](C)CC3. The highest BCUT2D eigenvalue weighted by Crippen LogP contribution is 2.40. The fraction of sp³-hybridized carbons (Fsp3) is 0.440. The average molecular weight is 419 g/mol. The molecule has 0 bridgehead atoms. The number of rotatable bonds is 3. The number of carboxylic acid groups (broad SMARTS) is 1. The van der Waals surface area contributed by atoms with Gasteiger partial charge in [-0.05, 0) is 63.4 Å². The van der Waals surface area contributed by atoms with Crippen LogP contribution in [0.1, 0.15) is 62.0 Å². The predicted molar refractivity (Wildman–Crippen MR) is 123 cm³/mol. The minimum atomic E-state index is -0.886. The van der Waals surface area contributed by atoms with Crippen molar-refractivity contribution in [1.82, 2.24) is 14.9 Å². The lowest BCUT2D eigenvalue weighted by molar-refractivity contribution is 0.198. The lowest BCUT2D eigenvalue weighted by Gasteiger charge is -2.33. The highest BCUT2D eigenvalue weighted by atomic mass is 16.4. The number of nitrogens with one attached hydrogen (secondary N) is 1. The van der Waals surface area contributed by atoms with Gasteiger partial charge in [0.15, 0.2) is 0 Å². The van der Waals surface area contributed by atoms with E-state index in [2.05, 4.69) is 47.1 Å². The van der Waals surface area contributed by atoms with Crippen molar-refractivity contribution >= 4 is 22.8 Å². The summed E-state index contributed by atoms with van der Waals surface area (Å²) in [5, 5.41) is 13.3. The second kappa shape index (κ2) is 8.00. The number of carbonyl (C=O) groups is 1. The maximum Gasteiger partial charge on any atom is 0.412 e. The molecule has 2 aromatic carbocycles. The number of piperidine rings is 1. The number of fused-ring (bicyclic) bond motifs is 3. The second-order valence-electron chi connectivity index (χ2n) is 8.92. The molecule has 0 spiro atoms. The van der Waals surface area contributed by atoms with Crippen molar-refractivity contribution in [2.24, 2.45) is 0 Å². The molecule has 0 radical (unpaired) electrons. The molecule has 31 heavy (non-hydrogen) atoms. The van der Waals surface area contributed by atoms with Crippen molar-refractivity contribution in [3.05, 3.63) is 59.4 Å². The summed E-state index contributed by atoms with van der Waals surface area (Å²) in [7, 11) is 0. The largest absolute Gasteiger partial charge is 0.465 e. The molecular formula is C25H30N4O2. The first-order valence-electron chi connectivity index (χ1n) is 11.4. The van der Waals surface area contributed by atoms with Crippen LogP contribution in [0.3, 0.4) is 0 Å². The number of aromatic nitrogens is 2. The van der Waals surface area contributed by atoms with E-state index in [9.17, 15) is 9.90 Å². The van der Waals surface area contributed by atoms with Gasteiger partial charge < -0.3 is 15.0 Å².